The Morgan fingerprint density at radius 1 is 0.267 bits per heavy atom. The van der Waals surface area contributed by atoms with Crippen LogP contribution in [0.4, 0.5) is 0 Å². The summed E-state index contributed by atoms with van der Waals surface area (Å²) in [7, 11) is 0. The molecular weight excluding hydrogens is 925 g/mol. The molecule has 0 bridgehead atoms. The topological polar surface area (TPSA) is 78.9 Å². The number of rotatable bonds is 63. The van der Waals surface area contributed by atoms with E-state index in [-0.39, 0.29) is 31.1 Å². The Morgan fingerprint density at radius 2 is 0.480 bits per heavy atom. The van der Waals surface area contributed by atoms with Gasteiger partial charge in [0.2, 0.25) is 0 Å². The lowest BCUT2D eigenvalue weighted by Gasteiger charge is -2.18. The Balaban J connectivity index is 4.17. The van der Waals surface area contributed by atoms with Gasteiger partial charge in [-0.05, 0) is 51.4 Å². The molecule has 0 saturated carbocycles. The van der Waals surface area contributed by atoms with Crippen molar-refractivity contribution in [1.29, 1.82) is 0 Å². The second kappa shape index (κ2) is 64.4. The second-order valence-electron chi connectivity index (χ2n) is 23.1. The summed E-state index contributed by atoms with van der Waals surface area (Å²) in [6.07, 6.45) is 77.8. The fourth-order valence-electron chi connectivity index (χ4n) is 10.4. The van der Waals surface area contributed by atoms with E-state index in [0.29, 0.717) is 19.3 Å². The smallest absolute Gasteiger partial charge is 0.306 e. The van der Waals surface area contributed by atoms with Gasteiger partial charge in [-0.15, -0.1) is 0 Å². The van der Waals surface area contributed by atoms with Gasteiger partial charge in [-0.3, -0.25) is 14.4 Å². The Labute approximate surface area is 468 Å². The van der Waals surface area contributed by atoms with E-state index in [1.807, 2.05) is 0 Å². The van der Waals surface area contributed by atoms with Crippen LogP contribution in [0.3, 0.4) is 0 Å². The van der Waals surface area contributed by atoms with Gasteiger partial charge in [0.15, 0.2) is 6.10 Å². The summed E-state index contributed by atoms with van der Waals surface area (Å²) in [4.78, 5) is 38.3. The average molecular weight is 1060 g/mol. The number of hydrogen-bond donors (Lipinski definition) is 0. The minimum absolute atomic E-state index is 0.0657. The highest BCUT2D eigenvalue weighted by molar-refractivity contribution is 5.71. The van der Waals surface area contributed by atoms with E-state index >= 15 is 0 Å². The van der Waals surface area contributed by atoms with Crippen LogP contribution >= 0.6 is 0 Å². The summed E-state index contributed by atoms with van der Waals surface area (Å²) in [5.74, 6) is -0.841. The minimum atomic E-state index is -0.768. The van der Waals surface area contributed by atoms with Gasteiger partial charge in [0.25, 0.3) is 0 Å². The maximum atomic E-state index is 12.9. The van der Waals surface area contributed by atoms with Crippen molar-refractivity contribution in [1.82, 2.24) is 0 Å². The number of esters is 3. The molecule has 75 heavy (non-hydrogen) atoms. The van der Waals surface area contributed by atoms with E-state index in [1.54, 1.807) is 0 Å². The molecule has 0 amide bonds. The van der Waals surface area contributed by atoms with Gasteiger partial charge < -0.3 is 14.2 Å². The highest BCUT2D eigenvalue weighted by Crippen LogP contribution is 2.18. The van der Waals surface area contributed by atoms with Crippen molar-refractivity contribution in [3.8, 4) is 0 Å². The first kappa shape index (κ1) is 72.9. The third-order valence-electron chi connectivity index (χ3n) is 15.5. The Morgan fingerprint density at radius 3 is 0.733 bits per heavy atom. The van der Waals surface area contributed by atoms with E-state index in [1.165, 1.54) is 276 Å². The summed E-state index contributed by atoms with van der Waals surface area (Å²) in [6.45, 7) is 6.69. The summed E-state index contributed by atoms with van der Waals surface area (Å²) >= 11 is 0. The van der Waals surface area contributed by atoms with Crippen molar-refractivity contribution in [3.63, 3.8) is 0 Å². The van der Waals surface area contributed by atoms with Gasteiger partial charge in [-0.1, -0.05) is 334 Å². The molecule has 0 spiro atoms. The Bertz CT molecular complexity index is 1210. The number of carbonyl (C=O) groups excluding carboxylic acids is 3. The molecule has 6 nitrogen and oxygen atoms in total. The second-order valence-corrected chi connectivity index (χ2v) is 23.1. The first-order valence-corrected chi connectivity index (χ1v) is 33.8. The fraction of sp³-hybridized carbons (Fsp3) is 0.899. The lowest BCUT2D eigenvalue weighted by Crippen LogP contribution is -2.30. The van der Waals surface area contributed by atoms with Crippen LogP contribution in [0.2, 0.25) is 0 Å². The lowest BCUT2D eigenvalue weighted by atomic mass is 10.0. The van der Waals surface area contributed by atoms with Gasteiger partial charge in [0.1, 0.15) is 13.2 Å². The Hall–Kier alpha value is -2.11. The quantitative estimate of drug-likeness (QED) is 0.0261. The first-order chi connectivity index (χ1) is 37.0. The van der Waals surface area contributed by atoms with Crippen LogP contribution in [-0.2, 0) is 28.6 Å². The van der Waals surface area contributed by atoms with Crippen LogP contribution in [0.25, 0.3) is 0 Å². The predicted octanol–water partition coefficient (Wildman–Crippen LogP) is 23.0. The van der Waals surface area contributed by atoms with Crippen LogP contribution < -0.4 is 0 Å². The molecule has 0 radical (unpaired) electrons. The van der Waals surface area contributed by atoms with Crippen molar-refractivity contribution in [2.24, 2.45) is 0 Å². The zero-order chi connectivity index (χ0) is 54.3. The number of allylic oxidation sites excluding steroid dienone is 4. The van der Waals surface area contributed by atoms with Crippen molar-refractivity contribution in [3.05, 3.63) is 24.3 Å². The molecule has 0 aromatic rings. The molecule has 0 rings (SSSR count). The average Bonchev–Trinajstić information content (AvgIpc) is 3.41. The number of carbonyl (C=O) groups is 3. The van der Waals surface area contributed by atoms with Crippen LogP contribution in [0.5, 0.6) is 0 Å². The molecule has 0 heterocycles. The van der Waals surface area contributed by atoms with Crippen molar-refractivity contribution >= 4 is 17.9 Å². The summed E-state index contributed by atoms with van der Waals surface area (Å²) < 4.78 is 16.9. The summed E-state index contributed by atoms with van der Waals surface area (Å²) in [5, 5.41) is 0. The Kier molecular flexibility index (Phi) is 62.6. The largest absolute Gasteiger partial charge is 0.462 e. The van der Waals surface area contributed by atoms with Crippen LogP contribution in [0, 0.1) is 0 Å². The van der Waals surface area contributed by atoms with Crippen LogP contribution in [0.1, 0.15) is 380 Å². The molecule has 0 aliphatic heterocycles. The van der Waals surface area contributed by atoms with Crippen molar-refractivity contribution in [2.75, 3.05) is 13.2 Å². The lowest BCUT2D eigenvalue weighted by molar-refractivity contribution is -0.167. The number of unbranched alkanes of at least 4 members (excludes halogenated alkanes) is 48. The monoisotopic (exact) mass is 1050 g/mol. The molecule has 0 aliphatic rings. The van der Waals surface area contributed by atoms with Crippen LogP contribution in [-0.4, -0.2) is 37.2 Å². The minimum Gasteiger partial charge on any atom is -0.462 e. The molecule has 0 aliphatic carbocycles. The van der Waals surface area contributed by atoms with E-state index in [0.717, 1.165) is 64.2 Å². The SMILES string of the molecule is CCCCCCC/C=C\C/C=C\CCCCCCCCCCCCCC(=O)OC(COC(=O)CCCCCCCCCCCC)COC(=O)CCCCCCCCCCCCCCCCCCCCCCCCCC. The van der Waals surface area contributed by atoms with Gasteiger partial charge in [-0.2, -0.15) is 0 Å². The van der Waals surface area contributed by atoms with Gasteiger partial charge in [0, 0.05) is 19.3 Å². The molecule has 1 unspecified atom stereocenters. The van der Waals surface area contributed by atoms with Gasteiger partial charge in [0.05, 0.1) is 0 Å². The third-order valence-corrected chi connectivity index (χ3v) is 15.5. The molecular formula is C69H130O6. The number of ether oxygens (including phenoxy) is 3. The summed E-state index contributed by atoms with van der Waals surface area (Å²) in [6, 6.07) is 0. The highest BCUT2D eigenvalue weighted by Gasteiger charge is 2.19. The number of hydrogen-bond acceptors (Lipinski definition) is 6. The molecule has 0 aromatic carbocycles. The molecule has 0 aromatic heterocycles. The molecule has 6 heteroatoms. The van der Waals surface area contributed by atoms with E-state index in [9.17, 15) is 14.4 Å². The summed E-state index contributed by atoms with van der Waals surface area (Å²) in [5.41, 5.74) is 0. The zero-order valence-corrected chi connectivity index (χ0v) is 50.8. The van der Waals surface area contributed by atoms with Gasteiger partial charge >= 0.3 is 17.9 Å². The third kappa shape index (κ3) is 62.6. The maximum absolute atomic E-state index is 12.9. The molecule has 442 valence electrons. The molecule has 1 atom stereocenters. The van der Waals surface area contributed by atoms with Crippen molar-refractivity contribution in [2.45, 2.75) is 386 Å². The normalized spacial score (nSPS) is 12.1. The first-order valence-electron chi connectivity index (χ1n) is 33.8. The fourth-order valence-corrected chi connectivity index (χ4v) is 10.4. The van der Waals surface area contributed by atoms with Gasteiger partial charge in [-0.25, -0.2) is 0 Å². The zero-order valence-electron chi connectivity index (χ0n) is 50.8. The predicted molar refractivity (Wildman–Crippen MR) is 326 cm³/mol. The van der Waals surface area contributed by atoms with E-state index in [4.69, 9.17) is 14.2 Å². The molecule has 0 N–H and O–H groups in total. The maximum Gasteiger partial charge on any atom is 0.306 e. The van der Waals surface area contributed by atoms with E-state index < -0.39 is 6.10 Å². The highest BCUT2D eigenvalue weighted by atomic mass is 16.6. The standard InChI is InChI=1S/C69H130O6/c1-4-7-10-13-16-19-22-24-26-28-30-32-34-36-37-39-41-43-45-47-50-53-56-59-62-68(71)74-65-66(64-73-67(70)61-58-55-52-49-21-18-15-12-9-6-3)75-69(72)63-60-57-54-51-48-46-44-42-40-38-35-33-31-29-27-25-23-20-17-14-11-8-5-2/h23,25,29,31,66H,4-22,24,26-28,30,32-65H2,1-3H3/b25-23-,31-29-. The van der Waals surface area contributed by atoms with E-state index in [2.05, 4.69) is 45.1 Å². The molecule has 0 saturated heterocycles. The van der Waals surface area contributed by atoms with Crippen LogP contribution in [0.15, 0.2) is 24.3 Å². The van der Waals surface area contributed by atoms with Crippen molar-refractivity contribution < 1.29 is 28.6 Å². The molecule has 0 fully saturated rings.